The summed E-state index contributed by atoms with van der Waals surface area (Å²) in [4.78, 5) is 34.2. The molecule has 0 aliphatic rings. The molecule has 0 aromatic rings. The number of hydrogen-bond acceptors (Lipinski definition) is 6. The second kappa shape index (κ2) is 8.70. The summed E-state index contributed by atoms with van der Waals surface area (Å²) in [7, 11) is 0. The lowest BCUT2D eigenvalue weighted by Gasteiger charge is -2.19. The highest BCUT2D eigenvalue weighted by molar-refractivity contribution is 6.76. The van der Waals surface area contributed by atoms with Gasteiger partial charge in [0.1, 0.15) is 6.61 Å². The van der Waals surface area contributed by atoms with Crippen molar-refractivity contribution in [1.29, 1.82) is 0 Å². The fourth-order valence-electron chi connectivity index (χ4n) is 0.815. The fourth-order valence-corrected chi connectivity index (χ4v) is 1.11. The standard InChI is InChI=1S/C9H8Cl6O6/c1-2-19-5(16)4(21-7(18)9(13,14)15)3-20-6(17)8(10,11)12/h4H,2-3H2,1H3/t4-/m1/s1. The van der Waals surface area contributed by atoms with Gasteiger partial charge in [0.15, 0.2) is 0 Å². The van der Waals surface area contributed by atoms with Gasteiger partial charge in [-0.2, -0.15) is 0 Å². The first kappa shape index (κ1) is 21.1. The van der Waals surface area contributed by atoms with E-state index in [1.165, 1.54) is 6.92 Å². The molecule has 1 atom stereocenters. The van der Waals surface area contributed by atoms with E-state index < -0.39 is 38.2 Å². The van der Waals surface area contributed by atoms with Crippen molar-refractivity contribution < 1.29 is 28.6 Å². The molecule has 6 nitrogen and oxygen atoms in total. The molecule has 0 radical (unpaired) electrons. The molecule has 0 spiro atoms. The van der Waals surface area contributed by atoms with Crippen molar-refractivity contribution in [1.82, 2.24) is 0 Å². The Labute approximate surface area is 149 Å². The zero-order valence-corrected chi connectivity index (χ0v) is 14.7. The quantitative estimate of drug-likeness (QED) is 0.383. The van der Waals surface area contributed by atoms with Crippen molar-refractivity contribution in [2.24, 2.45) is 0 Å². The first-order chi connectivity index (χ1) is 9.39. The highest BCUT2D eigenvalue weighted by Crippen LogP contribution is 2.29. The number of esters is 3. The van der Waals surface area contributed by atoms with Gasteiger partial charge in [-0.05, 0) is 6.92 Å². The van der Waals surface area contributed by atoms with Crippen LogP contribution in [0.15, 0.2) is 0 Å². The number of carbonyl (C=O) groups is 3. The highest BCUT2D eigenvalue weighted by atomic mass is 35.6. The molecule has 21 heavy (non-hydrogen) atoms. The van der Waals surface area contributed by atoms with Gasteiger partial charge < -0.3 is 14.2 Å². The van der Waals surface area contributed by atoms with E-state index in [2.05, 4.69) is 14.2 Å². The number of rotatable bonds is 5. The van der Waals surface area contributed by atoms with Gasteiger partial charge in [0.2, 0.25) is 6.10 Å². The van der Waals surface area contributed by atoms with Crippen LogP contribution in [0.1, 0.15) is 6.92 Å². The van der Waals surface area contributed by atoms with E-state index in [1.54, 1.807) is 0 Å². The molecule has 0 rings (SSSR count). The van der Waals surface area contributed by atoms with Crippen LogP contribution in [0, 0.1) is 0 Å². The fraction of sp³-hybridized carbons (Fsp3) is 0.667. The SMILES string of the molecule is CCOC(=O)[C@@H](COC(=O)C(Cl)(Cl)Cl)OC(=O)C(Cl)(Cl)Cl. The van der Waals surface area contributed by atoms with Gasteiger partial charge in [-0.25, -0.2) is 14.4 Å². The molecule has 0 fully saturated rings. The summed E-state index contributed by atoms with van der Waals surface area (Å²) in [6.45, 7) is 0.691. The first-order valence-electron chi connectivity index (χ1n) is 5.08. The third kappa shape index (κ3) is 8.38. The molecule has 122 valence electrons. The third-order valence-corrected chi connectivity index (χ3v) is 2.55. The number of carbonyl (C=O) groups excluding carboxylic acids is 3. The molecule has 0 heterocycles. The van der Waals surface area contributed by atoms with Crippen molar-refractivity contribution in [3.8, 4) is 0 Å². The van der Waals surface area contributed by atoms with E-state index in [1.807, 2.05) is 0 Å². The molecule has 0 saturated heterocycles. The van der Waals surface area contributed by atoms with Crippen LogP contribution >= 0.6 is 69.6 Å². The molecule has 0 amide bonds. The Morgan fingerprint density at radius 1 is 0.905 bits per heavy atom. The summed E-state index contributed by atoms with van der Waals surface area (Å²) >= 11 is 31.6. The normalized spacial score (nSPS) is 13.3. The Morgan fingerprint density at radius 3 is 1.76 bits per heavy atom. The first-order valence-corrected chi connectivity index (χ1v) is 7.34. The molecule has 0 saturated carbocycles. The second-order valence-electron chi connectivity index (χ2n) is 3.24. The minimum Gasteiger partial charge on any atom is -0.463 e. The largest absolute Gasteiger partial charge is 0.463 e. The summed E-state index contributed by atoms with van der Waals surface area (Å²) in [6, 6.07) is 0. The maximum absolute atomic E-state index is 11.5. The highest BCUT2D eigenvalue weighted by Gasteiger charge is 2.39. The van der Waals surface area contributed by atoms with Gasteiger partial charge in [-0.15, -0.1) is 0 Å². The summed E-state index contributed by atoms with van der Waals surface area (Å²) < 4.78 is 8.89. The number of halogens is 6. The van der Waals surface area contributed by atoms with E-state index in [0.717, 1.165) is 0 Å². The average Bonchev–Trinajstić information content (AvgIpc) is 2.31. The lowest BCUT2D eigenvalue weighted by Crippen LogP contribution is -2.38. The third-order valence-electron chi connectivity index (χ3n) is 1.63. The minimum absolute atomic E-state index is 0.0287. The lowest BCUT2D eigenvalue weighted by atomic mass is 10.4. The van der Waals surface area contributed by atoms with Crippen molar-refractivity contribution in [2.75, 3.05) is 13.2 Å². The molecule has 0 aromatic heterocycles. The number of ether oxygens (including phenoxy) is 3. The van der Waals surface area contributed by atoms with Gasteiger partial charge in [-0.3, -0.25) is 0 Å². The summed E-state index contributed by atoms with van der Waals surface area (Å²) in [6.07, 6.45) is -1.68. The molecule has 0 aromatic carbocycles. The molecule has 0 unspecified atom stereocenters. The molecule has 0 aliphatic carbocycles. The molecule has 0 bridgehead atoms. The van der Waals surface area contributed by atoms with E-state index >= 15 is 0 Å². The van der Waals surface area contributed by atoms with Gasteiger partial charge in [-0.1, -0.05) is 69.6 Å². The van der Waals surface area contributed by atoms with Crippen molar-refractivity contribution in [2.45, 2.75) is 20.6 Å². The Hall–Kier alpha value is 0.150. The van der Waals surface area contributed by atoms with Crippen molar-refractivity contribution >= 4 is 87.5 Å². The molecule has 0 N–H and O–H groups in total. The maximum atomic E-state index is 11.5. The maximum Gasteiger partial charge on any atom is 0.359 e. The molecule has 12 heteroatoms. The smallest absolute Gasteiger partial charge is 0.359 e. The van der Waals surface area contributed by atoms with Crippen LogP contribution in [0.3, 0.4) is 0 Å². The molecular formula is C9H8Cl6O6. The van der Waals surface area contributed by atoms with Crippen LogP contribution in [-0.4, -0.2) is 44.8 Å². The van der Waals surface area contributed by atoms with Gasteiger partial charge in [0, 0.05) is 0 Å². The number of alkyl halides is 6. The van der Waals surface area contributed by atoms with Crippen LogP contribution in [0.2, 0.25) is 0 Å². The Morgan fingerprint density at radius 2 is 1.38 bits per heavy atom. The summed E-state index contributed by atoms with van der Waals surface area (Å²) in [5.41, 5.74) is 0. The van der Waals surface area contributed by atoms with Crippen molar-refractivity contribution in [3.63, 3.8) is 0 Å². The van der Waals surface area contributed by atoms with Crippen LogP contribution in [0.4, 0.5) is 0 Å². The monoisotopic (exact) mass is 422 g/mol. The van der Waals surface area contributed by atoms with Gasteiger partial charge in [0.25, 0.3) is 7.59 Å². The van der Waals surface area contributed by atoms with Gasteiger partial charge >= 0.3 is 17.9 Å². The second-order valence-corrected chi connectivity index (χ2v) is 7.80. The van der Waals surface area contributed by atoms with Crippen LogP contribution in [0.25, 0.3) is 0 Å². The van der Waals surface area contributed by atoms with Crippen LogP contribution in [0.5, 0.6) is 0 Å². The Bertz CT molecular complexity index is 401. The Balaban J connectivity index is 4.81. The van der Waals surface area contributed by atoms with E-state index in [4.69, 9.17) is 69.6 Å². The lowest BCUT2D eigenvalue weighted by molar-refractivity contribution is -0.173. The molecular weight excluding hydrogens is 417 g/mol. The summed E-state index contributed by atoms with van der Waals surface area (Å²) in [5, 5.41) is 0. The zero-order chi connectivity index (χ0) is 16.8. The van der Waals surface area contributed by atoms with E-state index in [9.17, 15) is 14.4 Å². The molecule has 0 aliphatic heterocycles. The number of hydrogen-bond donors (Lipinski definition) is 0. The van der Waals surface area contributed by atoms with Crippen molar-refractivity contribution in [3.05, 3.63) is 0 Å². The van der Waals surface area contributed by atoms with Crippen LogP contribution in [-0.2, 0) is 28.6 Å². The predicted octanol–water partition coefficient (Wildman–Crippen LogP) is 2.74. The topological polar surface area (TPSA) is 78.9 Å². The van der Waals surface area contributed by atoms with Gasteiger partial charge in [0.05, 0.1) is 6.61 Å². The van der Waals surface area contributed by atoms with E-state index in [-0.39, 0.29) is 6.61 Å². The van der Waals surface area contributed by atoms with Crippen LogP contribution < -0.4 is 0 Å². The average molecular weight is 425 g/mol. The zero-order valence-electron chi connectivity index (χ0n) is 10.2. The predicted molar refractivity (Wildman–Crippen MR) is 78.1 cm³/mol. The summed E-state index contributed by atoms with van der Waals surface area (Å²) in [5.74, 6) is -3.68. The minimum atomic E-state index is -2.43. The Kier molecular flexibility index (Phi) is 8.76. The van der Waals surface area contributed by atoms with E-state index in [0.29, 0.717) is 0 Å².